The minimum Gasteiger partial charge on any atom is -0.330 e. The first-order chi connectivity index (χ1) is 4.33. The lowest BCUT2D eigenvalue weighted by molar-refractivity contribution is 0.240. The Labute approximate surface area is 54.6 Å². The van der Waals surface area contributed by atoms with E-state index in [0.717, 1.165) is 19.5 Å². The van der Waals surface area contributed by atoms with E-state index in [4.69, 9.17) is 5.73 Å². The number of alkyl halides is 1. The Morgan fingerprint density at radius 1 is 1.67 bits per heavy atom. The van der Waals surface area contributed by atoms with Crippen LogP contribution in [0.1, 0.15) is 6.42 Å². The van der Waals surface area contributed by atoms with Crippen LogP contribution in [0.2, 0.25) is 0 Å². The molecule has 2 nitrogen and oxygen atoms in total. The Hall–Kier alpha value is -0.150. The van der Waals surface area contributed by atoms with E-state index >= 15 is 0 Å². The average Bonchev–Trinajstić information content (AvgIpc) is 2.36. The van der Waals surface area contributed by atoms with Gasteiger partial charge in [0.15, 0.2) is 0 Å². The van der Waals surface area contributed by atoms with E-state index in [1.54, 1.807) is 0 Å². The van der Waals surface area contributed by atoms with Gasteiger partial charge in [-0.3, -0.25) is 4.39 Å². The predicted octanol–water partition coefficient (Wildman–Crippen LogP) is -0.106. The molecule has 9 heavy (non-hydrogen) atoms. The van der Waals surface area contributed by atoms with E-state index in [9.17, 15) is 4.39 Å². The third-order valence-electron chi connectivity index (χ3n) is 2.05. The molecule has 1 rings (SSSR count). The molecular weight excluding hydrogens is 119 g/mol. The van der Waals surface area contributed by atoms with Crippen LogP contribution in [0.5, 0.6) is 0 Å². The number of hydrogen-bond donors (Lipinski definition) is 2. The Morgan fingerprint density at radius 2 is 2.44 bits per heavy atom. The molecule has 1 saturated heterocycles. The second-order valence-electron chi connectivity index (χ2n) is 2.76. The number of hydrogen-bond acceptors (Lipinski definition) is 2. The molecule has 0 amide bonds. The van der Waals surface area contributed by atoms with E-state index in [2.05, 4.69) is 5.32 Å². The van der Waals surface area contributed by atoms with E-state index in [-0.39, 0.29) is 12.1 Å². The molecule has 54 valence electrons. The zero-order chi connectivity index (χ0) is 6.74. The van der Waals surface area contributed by atoms with Gasteiger partial charge >= 0.3 is 0 Å². The van der Waals surface area contributed by atoms with Crippen LogP contribution in [0, 0.1) is 5.41 Å². The van der Waals surface area contributed by atoms with Crippen molar-refractivity contribution >= 4 is 0 Å². The first-order valence-electron chi connectivity index (χ1n) is 3.30. The monoisotopic (exact) mass is 132 g/mol. The third-order valence-corrected chi connectivity index (χ3v) is 2.05. The van der Waals surface area contributed by atoms with E-state index in [1.165, 1.54) is 0 Å². The second-order valence-corrected chi connectivity index (χ2v) is 2.76. The van der Waals surface area contributed by atoms with E-state index in [1.807, 2.05) is 0 Å². The van der Waals surface area contributed by atoms with Gasteiger partial charge in [-0.05, 0) is 13.0 Å². The summed E-state index contributed by atoms with van der Waals surface area (Å²) >= 11 is 0. The van der Waals surface area contributed by atoms with Gasteiger partial charge in [0.05, 0.1) is 6.67 Å². The van der Waals surface area contributed by atoms with Gasteiger partial charge in [-0.1, -0.05) is 0 Å². The maximum atomic E-state index is 12.2. The topological polar surface area (TPSA) is 38.0 Å². The molecule has 1 heterocycles. The van der Waals surface area contributed by atoms with Gasteiger partial charge < -0.3 is 11.1 Å². The summed E-state index contributed by atoms with van der Waals surface area (Å²) < 4.78 is 12.2. The molecule has 0 bridgehead atoms. The van der Waals surface area contributed by atoms with E-state index in [0.29, 0.717) is 6.54 Å². The lowest BCUT2D eigenvalue weighted by Crippen LogP contribution is -2.34. The summed E-state index contributed by atoms with van der Waals surface area (Å²) in [6.07, 6.45) is 0.889. The van der Waals surface area contributed by atoms with Gasteiger partial charge in [0.25, 0.3) is 0 Å². The molecule has 3 N–H and O–H groups in total. The molecule has 3 heteroatoms. The van der Waals surface area contributed by atoms with Crippen LogP contribution in [-0.4, -0.2) is 26.3 Å². The number of rotatable bonds is 2. The van der Waals surface area contributed by atoms with Crippen LogP contribution in [0.3, 0.4) is 0 Å². The van der Waals surface area contributed by atoms with Gasteiger partial charge in [0.1, 0.15) is 0 Å². The molecule has 1 aliphatic heterocycles. The zero-order valence-corrected chi connectivity index (χ0v) is 5.49. The largest absolute Gasteiger partial charge is 0.330 e. The van der Waals surface area contributed by atoms with Crippen molar-refractivity contribution in [2.45, 2.75) is 6.42 Å². The Morgan fingerprint density at radius 3 is 2.67 bits per heavy atom. The summed E-state index contributed by atoms with van der Waals surface area (Å²) in [5.41, 5.74) is 5.18. The summed E-state index contributed by atoms with van der Waals surface area (Å²) in [4.78, 5) is 0. The van der Waals surface area contributed by atoms with Gasteiger partial charge in [-0.2, -0.15) is 0 Å². The number of nitrogens with one attached hydrogen (secondary N) is 1. The van der Waals surface area contributed by atoms with Gasteiger partial charge in [-0.25, -0.2) is 0 Å². The SMILES string of the molecule is NCC1(CF)CCNC1. The fourth-order valence-electron chi connectivity index (χ4n) is 1.14. The second kappa shape index (κ2) is 2.62. The van der Waals surface area contributed by atoms with Crippen molar-refractivity contribution in [3.63, 3.8) is 0 Å². The van der Waals surface area contributed by atoms with Crippen molar-refractivity contribution < 1.29 is 4.39 Å². The summed E-state index contributed by atoms with van der Waals surface area (Å²) in [7, 11) is 0. The fourth-order valence-corrected chi connectivity index (χ4v) is 1.14. The molecule has 0 aromatic heterocycles. The highest BCUT2D eigenvalue weighted by Crippen LogP contribution is 2.23. The van der Waals surface area contributed by atoms with Crippen LogP contribution < -0.4 is 11.1 Å². The summed E-state index contributed by atoms with van der Waals surface area (Å²) in [6.45, 7) is 1.86. The Bertz CT molecular complexity index is 83.1. The van der Waals surface area contributed by atoms with Gasteiger partial charge in [-0.15, -0.1) is 0 Å². The molecule has 0 spiro atoms. The van der Waals surface area contributed by atoms with Crippen molar-refractivity contribution in [3.05, 3.63) is 0 Å². The maximum absolute atomic E-state index is 12.2. The standard InChI is InChI=1S/C6H13FN2/c7-3-6(4-8)1-2-9-5-6/h9H,1-5,8H2. The molecule has 1 atom stereocenters. The average molecular weight is 132 g/mol. The predicted molar refractivity (Wildman–Crippen MR) is 34.9 cm³/mol. The molecule has 1 unspecified atom stereocenters. The van der Waals surface area contributed by atoms with Gasteiger partial charge in [0, 0.05) is 18.5 Å². The quantitative estimate of drug-likeness (QED) is 0.550. The smallest absolute Gasteiger partial charge is 0.0975 e. The highest BCUT2D eigenvalue weighted by molar-refractivity contribution is 4.87. The molecule has 0 aromatic rings. The highest BCUT2D eigenvalue weighted by atomic mass is 19.1. The number of halogens is 1. The molecule has 0 radical (unpaired) electrons. The minimum absolute atomic E-state index is 0.222. The molecular formula is C6H13FN2. The summed E-state index contributed by atoms with van der Waals surface area (Å²) in [5.74, 6) is 0. The van der Waals surface area contributed by atoms with Crippen molar-refractivity contribution in [3.8, 4) is 0 Å². The summed E-state index contributed by atoms with van der Waals surface area (Å²) in [5, 5.41) is 3.10. The Balaban J connectivity index is 2.45. The normalized spacial score (nSPS) is 35.3. The van der Waals surface area contributed by atoms with E-state index < -0.39 is 0 Å². The van der Waals surface area contributed by atoms with Crippen molar-refractivity contribution in [1.82, 2.24) is 5.32 Å². The highest BCUT2D eigenvalue weighted by Gasteiger charge is 2.31. The molecule has 0 aliphatic carbocycles. The van der Waals surface area contributed by atoms with Crippen molar-refractivity contribution in [2.75, 3.05) is 26.3 Å². The minimum atomic E-state index is -0.281. The lowest BCUT2D eigenvalue weighted by atomic mass is 9.89. The fraction of sp³-hybridized carbons (Fsp3) is 1.00. The van der Waals surface area contributed by atoms with Crippen molar-refractivity contribution in [2.24, 2.45) is 11.1 Å². The molecule has 0 aromatic carbocycles. The number of nitrogens with two attached hydrogens (primary N) is 1. The van der Waals surface area contributed by atoms with Crippen LogP contribution >= 0.6 is 0 Å². The van der Waals surface area contributed by atoms with Gasteiger partial charge in [0.2, 0.25) is 0 Å². The molecule has 1 fully saturated rings. The first-order valence-corrected chi connectivity index (χ1v) is 3.30. The zero-order valence-electron chi connectivity index (χ0n) is 5.49. The molecule has 0 saturated carbocycles. The lowest BCUT2D eigenvalue weighted by Gasteiger charge is -2.20. The maximum Gasteiger partial charge on any atom is 0.0975 e. The summed E-state index contributed by atoms with van der Waals surface area (Å²) in [6, 6.07) is 0. The Kier molecular flexibility index (Phi) is 2.03. The van der Waals surface area contributed by atoms with Crippen LogP contribution in [-0.2, 0) is 0 Å². The van der Waals surface area contributed by atoms with Crippen molar-refractivity contribution in [1.29, 1.82) is 0 Å². The molecule has 1 aliphatic rings. The third kappa shape index (κ3) is 1.22. The van der Waals surface area contributed by atoms with Crippen LogP contribution in [0.25, 0.3) is 0 Å². The van der Waals surface area contributed by atoms with Crippen LogP contribution in [0.15, 0.2) is 0 Å². The van der Waals surface area contributed by atoms with Crippen LogP contribution in [0.4, 0.5) is 4.39 Å². The first kappa shape index (κ1) is 6.96.